The second kappa shape index (κ2) is 8.02. The van der Waals surface area contributed by atoms with E-state index in [2.05, 4.69) is 24.4 Å². The number of hydrogen-bond donors (Lipinski definition) is 1. The molecule has 0 amide bonds. The normalized spacial score (nSPS) is 21.2. The molecule has 4 rings (SSSR count). The predicted molar refractivity (Wildman–Crippen MR) is 112 cm³/mol. The molecule has 2 aromatic rings. The van der Waals surface area contributed by atoms with E-state index in [4.69, 9.17) is 27.9 Å². The molecule has 2 heterocycles. The lowest BCUT2D eigenvalue weighted by molar-refractivity contribution is 0.169. The Morgan fingerprint density at radius 3 is 2.92 bits per heavy atom. The van der Waals surface area contributed by atoms with Gasteiger partial charge in [0.15, 0.2) is 0 Å². The minimum atomic E-state index is 0.299. The van der Waals surface area contributed by atoms with Crippen molar-refractivity contribution in [3.05, 3.63) is 45.9 Å². The average molecular weight is 408 g/mol. The first-order chi connectivity index (χ1) is 12.7. The number of unbranched alkanes of at least 4 members (excludes halogenated alkanes) is 1. The van der Waals surface area contributed by atoms with Crippen LogP contribution in [-0.2, 0) is 0 Å². The van der Waals surface area contributed by atoms with Gasteiger partial charge in [-0.15, -0.1) is 11.8 Å². The molecule has 2 aliphatic heterocycles. The van der Waals surface area contributed by atoms with Gasteiger partial charge in [-0.05, 0) is 55.0 Å². The molecule has 0 radical (unpaired) electrons. The third-order valence-corrected chi connectivity index (χ3v) is 6.82. The van der Waals surface area contributed by atoms with E-state index < -0.39 is 0 Å². The molecule has 2 atom stereocenters. The van der Waals surface area contributed by atoms with Crippen LogP contribution in [0.3, 0.4) is 0 Å². The maximum Gasteiger partial charge on any atom is 0.137 e. The Hall–Kier alpha value is -0.870. The molecule has 2 nitrogen and oxygen atoms in total. The summed E-state index contributed by atoms with van der Waals surface area (Å²) in [5.41, 5.74) is 3.51. The zero-order chi connectivity index (χ0) is 18.1. The van der Waals surface area contributed by atoms with Crippen LogP contribution in [0.2, 0.25) is 10.0 Å². The van der Waals surface area contributed by atoms with Gasteiger partial charge in [-0.3, -0.25) is 0 Å². The fraction of sp³-hybridized carbons (Fsp3) is 0.429. The Balaban J connectivity index is 1.77. The van der Waals surface area contributed by atoms with Crippen LogP contribution in [0.4, 0.5) is 0 Å². The molecule has 1 N–H and O–H groups in total. The van der Waals surface area contributed by atoms with Gasteiger partial charge in [0.25, 0.3) is 0 Å². The monoisotopic (exact) mass is 407 g/mol. The summed E-state index contributed by atoms with van der Waals surface area (Å²) in [6, 6.07) is 10.2. The first kappa shape index (κ1) is 18.5. The van der Waals surface area contributed by atoms with Crippen molar-refractivity contribution in [2.45, 2.75) is 43.1 Å². The van der Waals surface area contributed by atoms with Crippen molar-refractivity contribution in [1.29, 1.82) is 0 Å². The summed E-state index contributed by atoms with van der Waals surface area (Å²) < 4.78 is 6.40. The molecule has 2 aliphatic rings. The van der Waals surface area contributed by atoms with E-state index in [0.717, 1.165) is 42.1 Å². The molecule has 0 spiro atoms. The van der Waals surface area contributed by atoms with E-state index in [1.54, 1.807) is 0 Å². The molecule has 0 aromatic heterocycles. The van der Waals surface area contributed by atoms with Crippen molar-refractivity contribution in [3.8, 4) is 16.9 Å². The lowest BCUT2D eigenvalue weighted by Crippen LogP contribution is -2.37. The lowest BCUT2D eigenvalue weighted by Gasteiger charge is -2.24. The van der Waals surface area contributed by atoms with E-state index in [1.807, 2.05) is 30.0 Å². The smallest absolute Gasteiger partial charge is 0.137 e. The van der Waals surface area contributed by atoms with Crippen LogP contribution in [0.1, 0.15) is 37.7 Å². The highest BCUT2D eigenvalue weighted by atomic mass is 35.5. The van der Waals surface area contributed by atoms with E-state index >= 15 is 0 Å². The molecule has 1 unspecified atom stereocenters. The highest BCUT2D eigenvalue weighted by Crippen LogP contribution is 2.48. The number of nitrogens with one attached hydrogen (secondary N) is 1. The van der Waals surface area contributed by atoms with E-state index in [1.165, 1.54) is 23.3 Å². The Morgan fingerprint density at radius 1 is 1.23 bits per heavy atom. The van der Waals surface area contributed by atoms with Gasteiger partial charge in [-0.25, -0.2) is 0 Å². The number of fused-ring (bicyclic) bond motifs is 3. The quantitative estimate of drug-likeness (QED) is 0.458. The first-order valence-electron chi connectivity index (χ1n) is 9.31. The van der Waals surface area contributed by atoms with Gasteiger partial charge >= 0.3 is 0 Å². The fourth-order valence-corrected chi connectivity index (χ4v) is 5.45. The summed E-state index contributed by atoms with van der Waals surface area (Å²) in [7, 11) is 0. The van der Waals surface area contributed by atoms with Gasteiger partial charge in [0.2, 0.25) is 0 Å². The topological polar surface area (TPSA) is 21.3 Å². The Kier molecular flexibility index (Phi) is 5.70. The lowest BCUT2D eigenvalue weighted by atomic mass is 9.89. The van der Waals surface area contributed by atoms with Crippen LogP contribution < -0.4 is 10.1 Å². The summed E-state index contributed by atoms with van der Waals surface area (Å²) in [5, 5.41) is 4.87. The molecule has 2 aromatic carbocycles. The van der Waals surface area contributed by atoms with Crippen molar-refractivity contribution in [2.24, 2.45) is 0 Å². The Labute approximate surface area is 169 Å². The van der Waals surface area contributed by atoms with Crippen molar-refractivity contribution < 1.29 is 4.74 Å². The van der Waals surface area contributed by atoms with Crippen LogP contribution in [-0.4, -0.2) is 24.9 Å². The Morgan fingerprint density at radius 2 is 2.12 bits per heavy atom. The highest BCUT2D eigenvalue weighted by molar-refractivity contribution is 7.99. The molecule has 0 aliphatic carbocycles. The second-order valence-electron chi connectivity index (χ2n) is 6.97. The molecular formula is C21H23Cl2NOS. The second-order valence-corrected chi connectivity index (χ2v) is 8.95. The fourth-order valence-electron chi connectivity index (χ4n) is 3.78. The SMILES string of the molecule is CCCCSc1cc(-c2ccc(Cl)cc2Cl)cc2c1OC1CCNC[C@@H]21. The number of thioether (sulfide) groups is 1. The molecular weight excluding hydrogens is 385 g/mol. The third kappa shape index (κ3) is 3.60. The molecule has 1 saturated heterocycles. The van der Waals surface area contributed by atoms with Crippen LogP contribution >= 0.6 is 35.0 Å². The van der Waals surface area contributed by atoms with Gasteiger partial charge < -0.3 is 10.1 Å². The van der Waals surface area contributed by atoms with Crippen molar-refractivity contribution in [1.82, 2.24) is 5.32 Å². The zero-order valence-corrected chi connectivity index (χ0v) is 17.2. The van der Waals surface area contributed by atoms with Crippen LogP contribution in [0, 0.1) is 0 Å². The van der Waals surface area contributed by atoms with Crippen molar-refractivity contribution >= 4 is 35.0 Å². The summed E-state index contributed by atoms with van der Waals surface area (Å²) >= 11 is 14.5. The van der Waals surface area contributed by atoms with Crippen molar-refractivity contribution in [3.63, 3.8) is 0 Å². The largest absolute Gasteiger partial charge is 0.488 e. The average Bonchev–Trinajstić information content (AvgIpc) is 3.01. The molecule has 26 heavy (non-hydrogen) atoms. The van der Waals surface area contributed by atoms with Crippen LogP contribution in [0.25, 0.3) is 11.1 Å². The summed E-state index contributed by atoms with van der Waals surface area (Å²) in [6.07, 6.45) is 3.77. The summed E-state index contributed by atoms with van der Waals surface area (Å²) in [4.78, 5) is 1.24. The maximum absolute atomic E-state index is 6.50. The van der Waals surface area contributed by atoms with Gasteiger partial charge in [-0.2, -0.15) is 0 Å². The molecule has 138 valence electrons. The van der Waals surface area contributed by atoms with Gasteiger partial charge in [0.05, 0.1) is 4.90 Å². The number of halogens is 2. The van der Waals surface area contributed by atoms with Crippen molar-refractivity contribution in [2.75, 3.05) is 18.8 Å². The molecule has 1 fully saturated rings. The molecule has 5 heteroatoms. The van der Waals surface area contributed by atoms with Crippen LogP contribution in [0.5, 0.6) is 5.75 Å². The van der Waals surface area contributed by atoms with E-state index in [0.29, 0.717) is 22.1 Å². The maximum atomic E-state index is 6.50. The molecule has 0 bridgehead atoms. The predicted octanol–water partition coefficient (Wildman–Crippen LogP) is 6.39. The third-order valence-electron chi connectivity index (χ3n) is 5.17. The minimum absolute atomic E-state index is 0.299. The summed E-state index contributed by atoms with van der Waals surface area (Å²) in [5.74, 6) is 2.63. The number of piperidine rings is 1. The summed E-state index contributed by atoms with van der Waals surface area (Å²) in [6.45, 7) is 4.24. The number of ether oxygens (including phenoxy) is 1. The number of rotatable bonds is 5. The van der Waals surface area contributed by atoms with E-state index in [9.17, 15) is 0 Å². The number of benzene rings is 2. The van der Waals surface area contributed by atoms with Gasteiger partial charge in [0, 0.05) is 33.6 Å². The zero-order valence-electron chi connectivity index (χ0n) is 14.9. The number of hydrogen-bond acceptors (Lipinski definition) is 3. The van der Waals surface area contributed by atoms with Gasteiger partial charge in [-0.1, -0.05) is 42.6 Å². The molecule has 0 saturated carbocycles. The van der Waals surface area contributed by atoms with Crippen LogP contribution in [0.15, 0.2) is 35.2 Å². The highest BCUT2D eigenvalue weighted by Gasteiger charge is 2.38. The minimum Gasteiger partial charge on any atom is -0.488 e. The first-order valence-corrected chi connectivity index (χ1v) is 11.0. The Bertz CT molecular complexity index is 811. The standard InChI is InChI=1S/C21H23Cl2NOS/c1-2-3-8-26-20-10-13(15-5-4-14(22)11-18(15)23)9-16-17-12-24-7-6-19(17)25-21(16)20/h4-5,9-11,17,19,24H,2-3,6-8,12H2,1H3/t17-,19?/m0/s1. The van der Waals surface area contributed by atoms with E-state index in [-0.39, 0.29) is 0 Å². The van der Waals surface area contributed by atoms with Gasteiger partial charge in [0.1, 0.15) is 11.9 Å².